The van der Waals surface area contributed by atoms with E-state index in [2.05, 4.69) is 25.7 Å². The lowest BCUT2D eigenvalue weighted by Crippen LogP contribution is -1.93. The number of hydrogen-bond donors (Lipinski definition) is 4. The summed E-state index contributed by atoms with van der Waals surface area (Å²) < 4.78 is 5.31. The lowest BCUT2D eigenvalue weighted by molar-refractivity contribution is 0.373. The summed E-state index contributed by atoms with van der Waals surface area (Å²) in [6.07, 6.45) is 1.45. The largest absolute Gasteiger partial charge is 0.504 e. The van der Waals surface area contributed by atoms with E-state index in [0.717, 1.165) is 0 Å². The van der Waals surface area contributed by atoms with Crippen molar-refractivity contribution in [1.29, 1.82) is 0 Å². The van der Waals surface area contributed by atoms with E-state index in [4.69, 9.17) is 17.0 Å². The number of hydrazone groups is 1. The van der Waals surface area contributed by atoms with Crippen molar-refractivity contribution in [2.45, 2.75) is 0 Å². The van der Waals surface area contributed by atoms with E-state index in [1.165, 1.54) is 13.3 Å². The normalized spacial score (nSPS) is 10.7. The number of ether oxygens (including phenoxy) is 1. The van der Waals surface area contributed by atoms with Crippen molar-refractivity contribution in [1.82, 2.24) is 15.2 Å². The molecule has 0 fully saturated rings. The molecule has 8 heteroatoms. The third-order valence-corrected chi connectivity index (χ3v) is 2.32. The Labute approximate surface area is 108 Å². The molecule has 94 valence electrons. The molecule has 1 aromatic carbocycles. The number of rotatable bonds is 4. The summed E-state index contributed by atoms with van der Waals surface area (Å²) in [5.74, 6) is 0.803. The minimum atomic E-state index is 0.0283. The number of phenols is 1. The summed E-state index contributed by atoms with van der Waals surface area (Å²) in [7, 11) is 1.48. The van der Waals surface area contributed by atoms with Gasteiger partial charge in [0.1, 0.15) is 0 Å². The maximum Gasteiger partial charge on any atom is 0.238 e. The molecule has 0 aliphatic carbocycles. The van der Waals surface area contributed by atoms with Crippen molar-refractivity contribution in [3.63, 3.8) is 0 Å². The number of aromatic amines is 2. The number of aromatic nitrogens is 3. The van der Waals surface area contributed by atoms with Crippen molar-refractivity contribution in [2.24, 2.45) is 5.10 Å². The number of H-pyrrole nitrogens is 2. The highest BCUT2D eigenvalue weighted by molar-refractivity contribution is 7.71. The molecule has 0 bridgehead atoms. The molecule has 0 spiro atoms. The minimum Gasteiger partial charge on any atom is -0.504 e. The average molecular weight is 265 g/mol. The van der Waals surface area contributed by atoms with Crippen molar-refractivity contribution in [2.75, 3.05) is 12.5 Å². The Morgan fingerprint density at radius 1 is 1.50 bits per heavy atom. The molecule has 0 amide bonds. The topological polar surface area (TPSA) is 98.3 Å². The summed E-state index contributed by atoms with van der Waals surface area (Å²) >= 11 is 4.78. The lowest BCUT2D eigenvalue weighted by Gasteiger charge is -2.04. The van der Waals surface area contributed by atoms with Crippen LogP contribution in [0.25, 0.3) is 0 Å². The quantitative estimate of drug-likeness (QED) is 0.382. The van der Waals surface area contributed by atoms with Crippen LogP contribution in [0.5, 0.6) is 11.5 Å². The number of hydrogen-bond acceptors (Lipinski definition) is 6. The molecule has 0 saturated carbocycles. The zero-order valence-electron chi connectivity index (χ0n) is 9.47. The first-order valence-electron chi connectivity index (χ1n) is 5.00. The zero-order valence-corrected chi connectivity index (χ0v) is 10.3. The first-order chi connectivity index (χ1) is 8.70. The van der Waals surface area contributed by atoms with Gasteiger partial charge in [0, 0.05) is 5.56 Å². The van der Waals surface area contributed by atoms with Gasteiger partial charge in [0.05, 0.1) is 13.3 Å². The highest BCUT2D eigenvalue weighted by Crippen LogP contribution is 2.27. The second-order valence-corrected chi connectivity index (χ2v) is 3.67. The van der Waals surface area contributed by atoms with Gasteiger partial charge < -0.3 is 9.84 Å². The average Bonchev–Trinajstić information content (AvgIpc) is 2.77. The molecule has 0 saturated heterocycles. The first-order valence-corrected chi connectivity index (χ1v) is 5.41. The third kappa shape index (κ3) is 2.66. The third-order valence-electron chi connectivity index (χ3n) is 2.13. The van der Waals surface area contributed by atoms with Crippen LogP contribution >= 0.6 is 12.2 Å². The molecule has 1 aromatic heterocycles. The summed E-state index contributed by atoms with van der Waals surface area (Å²) in [6.45, 7) is 0. The smallest absolute Gasteiger partial charge is 0.238 e. The van der Waals surface area contributed by atoms with Gasteiger partial charge in [-0.2, -0.15) is 10.1 Å². The zero-order chi connectivity index (χ0) is 13.0. The molecule has 2 rings (SSSR count). The Morgan fingerprint density at radius 3 is 3.00 bits per heavy atom. The molecule has 2 aromatic rings. The summed E-state index contributed by atoms with van der Waals surface area (Å²) in [5, 5.41) is 19.0. The molecule has 1 heterocycles. The van der Waals surface area contributed by atoms with Crippen LogP contribution in [0.1, 0.15) is 5.56 Å². The van der Waals surface area contributed by atoms with Crippen LogP contribution in [-0.4, -0.2) is 33.6 Å². The predicted octanol–water partition coefficient (Wildman–Crippen LogP) is 1.63. The second kappa shape index (κ2) is 5.32. The van der Waals surface area contributed by atoms with Gasteiger partial charge in [0.2, 0.25) is 10.7 Å². The van der Waals surface area contributed by atoms with Gasteiger partial charge in [-0.15, -0.1) is 0 Å². The monoisotopic (exact) mass is 265 g/mol. The molecule has 18 heavy (non-hydrogen) atoms. The van der Waals surface area contributed by atoms with Crippen LogP contribution in [0, 0.1) is 4.77 Å². The van der Waals surface area contributed by atoms with Gasteiger partial charge in [-0.1, -0.05) is 6.07 Å². The fourth-order valence-electron chi connectivity index (χ4n) is 1.29. The van der Waals surface area contributed by atoms with E-state index in [0.29, 0.717) is 22.0 Å². The number of nitrogens with zero attached hydrogens (tertiary/aromatic N) is 2. The van der Waals surface area contributed by atoms with Gasteiger partial charge in [0.25, 0.3) is 0 Å². The van der Waals surface area contributed by atoms with Crippen molar-refractivity contribution in [3.05, 3.63) is 28.5 Å². The standard InChI is InChI=1S/C10H11N5O2S/c1-17-7-4-2-3-6(8(7)16)5-11-13-9-12-10(18)15-14-9/h2-5,16H,1H3,(H3,12,13,14,15,18)/b11-5+. The van der Waals surface area contributed by atoms with Gasteiger partial charge in [0.15, 0.2) is 11.5 Å². The molecule has 0 unspecified atom stereocenters. The lowest BCUT2D eigenvalue weighted by atomic mass is 10.2. The van der Waals surface area contributed by atoms with Crippen molar-refractivity contribution in [3.8, 4) is 11.5 Å². The molecular weight excluding hydrogens is 254 g/mol. The number of phenolic OH excluding ortho intramolecular Hbond substituents is 1. The Morgan fingerprint density at radius 2 is 2.33 bits per heavy atom. The van der Waals surface area contributed by atoms with Crippen LogP contribution < -0.4 is 10.2 Å². The van der Waals surface area contributed by atoms with E-state index in [9.17, 15) is 5.11 Å². The predicted molar refractivity (Wildman–Crippen MR) is 69.6 cm³/mol. The van der Waals surface area contributed by atoms with E-state index < -0.39 is 0 Å². The summed E-state index contributed by atoms with van der Waals surface area (Å²) in [6, 6.07) is 5.11. The highest BCUT2D eigenvalue weighted by atomic mass is 32.1. The van der Waals surface area contributed by atoms with E-state index in [1.54, 1.807) is 18.2 Å². The fraction of sp³-hybridized carbons (Fsp3) is 0.100. The van der Waals surface area contributed by atoms with E-state index >= 15 is 0 Å². The van der Waals surface area contributed by atoms with E-state index in [-0.39, 0.29) is 5.75 Å². The van der Waals surface area contributed by atoms with Crippen molar-refractivity contribution < 1.29 is 9.84 Å². The molecule has 0 radical (unpaired) electrons. The van der Waals surface area contributed by atoms with Crippen LogP contribution in [0.2, 0.25) is 0 Å². The van der Waals surface area contributed by atoms with Crippen LogP contribution in [-0.2, 0) is 0 Å². The number of para-hydroxylation sites is 1. The maximum absolute atomic E-state index is 9.80. The number of anilines is 1. The van der Waals surface area contributed by atoms with Crippen LogP contribution in [0.15, 0.2) is 23.3 Å². The number of nitrogens with one attached hydrogen (secondary N) is 3. The number of aromatic hydroxyl groups is 1. The number of methoxy groups -OCH3 is 1. The second-order valence-electron chi connectivity index (χ2n) is 3.28. The van der Waals surface area contributed by atoms with E-state index in [1.807, 2.05) is 0 Å². The molecule has 0 aliphatic heterocycles. The van der Waals surface area contributed by atoms with Crippen LogP contribution in [0.4, 0.5) is 5.95 Å². The summed E-state index contributed by atoms with van der Waals surface area (Å²) in [4.78, 5) is 3.89. The summed E-state index contributed by atoms with van der Waals surface area (Å²) in [5.41, 5.74) is 3.16. The Hall–Kier alpha value is -2.35. The van der Waals surface area contributed by atoms with Gasteiger partial charge in [-0.25, -0.2) is 5.43 Å². The van der Waals surface area contributed by atoms with Gasteiger partial charge >= 0.3 is 0 Å². The minimum absolute atomic E-state index is 0.0283. The molecule has 0 atom stereocenters. The molecule has 7 nitrogen and oxygen atoms in total. The number of benzene rings is 1. The fourth-order valence-corrected chi connectivity index (χ4v) is 1.44. The molecule has 4 N–H and O–H groups in total. The van der Waals surface area contributed by atoms with Gasteiger partial charge in [-0.05, 0) is 24.4 Å². The Bertz CT molecular complexity index is 619. The van der Waals surface area contributed by atoms with Crippen LogP contribution in [0.3, 0.4) is 0 Å². The van der Waals surface area contributed by atoms with Crippen molar-refractivity contribution >= 4 is 24.4 Å². The first kappa shape index (κ1) is 12.1. The van der Waals surface area contributed by atoms with Gasteiger partial charge in [-0.3, -0.25) is 10.2 Å². The Kier molecular flexibility index (Phi) is 3.58. The molecular formula is C10H11N5O2S. The highest BCUT2D eigenvalue weighted by Gasteiger charge is 2.04. The Balaban J connectivity index is 2.11. The maximum atomic E-state index is 9.80. The molecule has 0 aliphatic rings. The SMILES string of the molecule is COc1cccc(/C=N/Nc2nc(=S)[nH][nH]2)c1O.